The number of amides is 1. The largest absolute Gasteiger partial charge is 0.447 e. The number of anilines is 2. The predicted molar refractivity (Wildman–Crippen MR) is 96.8 cm³/mol. The number of carbonyl (C=O) groups excluding carboxylic acids is 1. The smallest absolute Gasteiger partial charge is 0.414 e. The molecule has 1 aliphatic heterocycles. The summed E-state index contributed by atoms with van der Waals surface area (Å²) < 4.78 is 6.15. The molecule has 2 heterocycles. The van der Waals surface area contributed by atoms with Crippen LogP contribution in [0.15, 0.2) is 48.5 Å². The van der Waals surface area contributed by atoms with Crippen LogP contribution in [0.4, 0.5) is 15.6 Å². The summed E-state index contributed by atoms with van der Waals surface area (Å²) in [6, 6.07) is 16.2. The molecular weight excluding hydrogens is 322 g/mol. The van der Waals surface area contributed by atoms with E-state index < -0.39 is 0 Å². The first-order valence-corrected chi connectivity index (χ1v) is 8.69. The molecule has 1 atom stereocenters. The molecule has 1 aromatic heterocycles. The minimum atomic E-state index is -0.275. The van der Waals surface area contributed by atoms with Crippen LogP contribution >= 0.6 is 11.3 Å². The van der Waals surface area contributed by atoms with E-state index >= 15 is 0 Å². The van der Waals surface area contributed by atoms with Crippen molar-refractivity contribution in [2.45, 2.75) is 13.0 Å². The molecule has 5 nitrogen and oxygen atoms in total. The number of carbonyl (C=O) groups is 1. The van der Waals surface area contributed by atoms with Gasteiger partial charge in [0.2, 0.25) is 0 Å². The minimum Gasteiger partial charge on any atom is -0.447 e. The number of hydrogen-bond acceptors (Lipinski definition) is 5. The van der Waals surface area contributed by atoms with E-state index in [-0.39, 0.29) is 12.1 Å². The van der Waals surface area contributed by atoms with Crippen molar-refractivity contribution < 1.29 is 9.53 Å². The maximum Gasteiger partial charge on any atom is 0.414 e. The summed E-state index contributed by atoms with van der Waals surface area (Å²) in [5, 5.41) is 4.36. The summed E-state index contributed by atoms with van der Waals surface area (Å²) in [4.78, 5) is 17.9. The van der Waals surface area contributed by atoms with Gasteiger partial charge < -0.3 is 10.1 Å². The number of ether oxygens (including phenoxy) is 1. The van der Waals surface area contributed by atoms with Gasteiger partial charge in [0.05, 0.1) is 22.8 Å². The second kappa shape index (κ2) is 6.13. The van der Waals surface area contributed by atoms with Crippen LogP contribution in [0.3, 0.4) is 0 Å². The van der Waals surface area contributed by atoms with Crippen LogP contribution in [-0.2, 0) is 4.74 Å². The average molecular weight is 339 g/mol. The standard InChI is InChI=1S/C18H17N3O2S/c1-12(19-17-20-15-4-2-3-5-16(15)24-17)13-6-8-14(9-7-13)21-10-11-23-18(21)22/h2-9,12H,10-11H2,1H3,(H,19,20)/t12-/m1/s1. The number of fused-ring (bicyclic) bond motifs is 1. The highest BCUT2D eigenvalue weighted by molar-refractivity contribution is 7.22. The van der Waals surface area contributed by atoms with Crippen molar-refractivity contribution in [2.24, 2.45) is 0 Å². The Morgan fingerprint density at radius 2 is 2.00 bits per heavy atom. The number of cyclic esters (lactones) is 1. The number of thiazole rings is 1. The van der Waals surface area contributed by atoms with E-state index in [4.69, 9.17) is 4.74 Å². The molecular formula is C18H17N3O2S. The molecule has 4 rings (SSSR count). The van der Waals surface area contributed by atoms with Crippen LogP contribution in [0.1, 0.15) is 18.5 Å². The zero-order chi connectivity index (χ0) is 16.5. The van der Waals surface area contributed by atoms with Crippen molar-refractivity contribution in [3.8, 4) is 0 Å². The van der Waals surface area contributed by atoms with Crippen molar-refractivity contribution in [1.82, 2.24) is 4.98 Å². The maximum absolute atomic E-state index is 11.6. The Labute approximate surface area is 143 Å². The Balaban J connectivity index is 1.49. The predicted octanol–water partition coefficient (Wildman–Crippen LogP) is 4.43. The normalized spacial score (nSPS) is 15.5. The topological polar surface area (TPSA) is 54.5 Å². The minimum absolute atomic E-state index is 0.130. The molecule has 1 fully saturated rings. The van der Waals surface area contributed by atoms with Crippen LogP contribution in [-0.4, -0.2) is 24.2 Å². The van der Waals surface area contributed by atoms with Crippen LogP contribution < -0.4 is 10.2 Å². The van der Waals surface area contributed by atoms with Gasteiger partial charge in [-0.2, -0.15) is 0 Å². The first-order chi connectivity index (χ1) is 11.7. The Morgan fingerprint density at radius 3 is 2.71 bits per heavy atom. The van der Waals surface area contributed by atoms with Crippen LogP contribution in [0, 0.1) is 0 Å². The molecule has 6 heteroatoms. The van der Waals surface area contributed by atoms with Crippen molar-refractivity contribution in [1.29, 1.82) is 0 Å². The van der Waals surface area contributed by atoms with Crippen molar-refractivity contribution in [3.05, 3.63) is 54.1 Å². The van der Waals surface area contributed by atoms with Gasteiger partial charge in [0, 0.05) is 5.69 Å². The molecule has 0 spiro atoms. The number of hydrogen-bond donors (Lipinski definition) is 1. The third-order valence-electron chi connectivity index (χ3n) is 4.10. The van der Waals surface area contributed by atoms with Gasteiger partial charge in [-0.15, -0.1) is 0 Å². The number of nitrogens with one attached hydrogen (secondary N) is 1. The number of para-hydroxylation sites is 1. The van der Waals surface area contributed by atoms with Gasteiger partial charge in [0.15, 0.2) is 5.13 Å². The van der Waals surface area contributed by atoms with E-state index in [1.165, 1.54) is 4.70 Å². The van der Waals surface area contributed by atoms with Gasteiger partial charge in [-0.3, -0.25) is 4.90 Å². The first kappa shape index (κ1) is 15.0. The molecule has 2 aromatic carbocycles. The SMILES string of the molecule is C[C@@H](Nc1nc2ccccc2s1)c1ccc(N2CCOC2=O)cc1. The monoisotopic (exact) mass is 339 g/mol. The summed E-state index contributed by atoms with van der Waals surface area (Å²) in [5.41, 5.74) is 3.03. The molecule has 1 aliphatic rings. The zero-order valence-electron chi connectivity index (χ0n) is 13.2. The molecule has 0 radical (unpaired) electrons. The molecule has 0 saturated carbocycles. The van der Waals surface area contributed by atoms with Gasteiger partial charge in [0.1, 0.15) is 6.61 Å². The lowest BCUT2D eigenvalue weighted by Crippen LogP contribution is -2.23. The lowest BCUT2D eigenvalue weighted by Gasteiger charge is -2.16. The molecule has 122 valence electrons. The van der Waals surface area contributed by atoms with Crippen LogP contribution in [0.5, 0.6) is 0 Å². The van der Waals surface area contributed by atoms with E-state index in [9.17, 15) is 4.79 Å². The summed E-state index contributed by atoms with van der Waals surface area (Å²) in [6.07, 6.45) is -0.275. The lowest BCUT2D eigenvalue weighted by molar-refractivity contribution is 0.181. The molecule has 0 aliphatic carbocycles. The second-order valence-electron chi connectivity index (χ2n) is 5.71. The van der Waals surface area contributed by atoms with Crippen molar-refractivity contribution >= 4 is 38.5 Å². The number of rotatable bonds is 4. The molecule has 24 heavy (non-hydrogen) atoms. The summed E-state index contributed by atoms with van der Waals surface area (Å²) in [7, 11) is 0. The molecule has 1 saturated heterocycles. The fourth-order valence-electron chi connectivity index (χ4n) is 2.77. The highest BCUT2D eigenvalue weighted by Gasteiger charge is 2.23. The molecule has 1 N–H and O–H groups in total. The Kier molecular flexibility index (Phi) is 3.82. The van der Waals surface area contributed by atoms with Gasteiger partial charge >= 0.3 is 6.09 Å². The van der Waals surface area contributed by atoms with E-state index in [0.717, 1.165) is 21.9 Å². The average Bonchev–Trinajstić information content (AvgIpc) is 3.20. The summed E-state index contributed by atoms with van der Waals surface area (Å²) in [5.74, 6) is 0. The van der Waals surface area contributed by atoms with Crippen LogP contribution in [0.2, 0.25) is 0 Å². The fraction of sp³-hybridized carbons (Fsp3) is 0.222. The molecule has 0 bridgehead atoms. The number of aromatic nitrogens is 1. The van der Waals surface area contributed by atoms with E-state index in [1.54, 1.807) is 16.2 Å². The molecule has 1 amide bonds. The van der Waals surface area contributed by atoms with Gasteiger partial charge in [-0.1, -0.05) is 35.6 Å². The summed E-state index contributed by atoms with van der Waals surface area (Å²) in [6.45, 7) is 3.17. The highest BCUT2D eigenvalue weighted by atomic mass is 32.1. The number of benzene rings is 2. The van der Waals surface area contributed by atoms with E-state index in [0.29, 0.717) is 13.2 Å². The van der Waals surface area contributed by atoms with Gasteiger partial charge in [-0.05, 0) is 36.8 Å². The maximum atomic E-state index is 11.6. The lowest BCUT2D eigenvalue weighted by atomic mass is 10.1. The second-order valence-corrected chi connectivity index (χ2v) is 6.74. The number of nitrogens with zero attached hydrogens (tertiary/aromatic N) is 2. The zero-order valence-corrected chi connectivity index (χ0v) is 14.0. The Bertz CT molecular complexity index is 842. The Morgan fingerprint density at radius 1 is 1.21 bits per heavy atom. The van der Waals surface area contributed by atoms with Crippen LogP contribution in [0.25, 0.3) is 10.2 Å². The van der Waals surface area contributed by atoms with Gasteiger partial charge in [0.25, 0.3) is 0 Å². The Hall–Kier alpha value is -2.60. The molecule has 3 aromatic rings. The van der Waals surface area contributed by atoms with Crippen molar-refractivity contribution in [2.75, 3.05) is 23.4 Å². The fourth-order valence-corrected chi connectivity index (χ4v) is 3.73. The van der Waals surface area contributed by atoms with Crippen molar-refractivity contribution in [3.63, 3.8) is 0 Å². The quantitative estimate of drug-likeness (QED) is 0.764. The third-order valence-corrected chi connectivity index (χ3v) is 5.07. The third kappa shape index (κ3) is 2.80. The summed E-state index contributed by atoms with van der Waals surface area (Å²) >= 11 is 1.65. The van der Waals surface area contributed by atoms with Gasteiger partial charge in [-0.25, -0.2) is 9.78 Å². The van der Waals surface area contributed by atoms with E-state index in [1.807, 2.05) is 42.5 Å². The highest BCUT2D eigenvalue weighted by Crippen LogP contribution is 2.29. The van der Waals surface area contributed by atoms with E-state index in [2.05, 4.69) is 23.3 Å². The first-order valence-electron chi connectivity index (χ1n) is 7.87. The molecule has 0 unspecified atom stereocenters.